The van der Waals surface area contributed by atoms with E-state index in [1.54, 1.807) is 4.90 Å². The van der Waals surface area contributed by atoms with Crippen LogP contribution in [0.1, 0.15) is 13.8 Å². The van der Waals surface area contributed by atoms with Crippen molar-refractivity contribution in [3.63, 3.8) is 0 Å². The zero-order valence-corrected chi connectivity index (χ0v) is 10.2. The Morgan fingerprint density at radius 2 is 2.13 bits per heavy atom. The Morgan fingerprint density at radius 1 is 1.53 bits per heavy atom. The smallest absolute Gasteiger partial charge is 0.241 e. The lowest BCUT2D eigenvalue weighted by Crippen LogP contribution is -2.36. The fraction of sp³-hybridized carbons (Fsp3) is 0.889. The molecule has 1 heterocycles. The van der Waals surface area contributed by atoms with E-state index in [1.165, 1.54) is 6.26 Å². The summed E-state index contributed by atoms with van der Waals surface area (Å²) < 4.78 is 21.9. The molecule has 0 saturated carbocycles. The number of amides is 1. The number of hydrogen-bond donors (Lipinski definition) is 1. The first-order valence-electron chi connectivity index (χ1n) is 5.01. The molecule has 1 atom stereocenters. The van der Waals surface area contributed by atoms with Crippen LogP contribution in [0.3, 0.4) is 0 Å². The Bertz CT molecular complexity index is 337. The molecule has 0 radical (unpaired) electrons. The molecule has 1 rings (SSSR count). The number of hydrogen-bond acceptors (Lipinski definition) is 4. The molecule has 0 aromatic rings. The van der Waals surface area contributed by atoms with Crippen LogP contribution in [-0.2, 0) is 14.6 Å². The quantitative estimate of drug-likeness (QED) is 0.708. The van der Waals surface area contributed by atoms with Gasteiger partial charge in [0.15, 0.2) is 0 Å². The first kappa shape index (κ1) is 12.4. The minimum Gasteiger partial charge on any atom is -0.328 e. The summed E-state index contributed by atoms with van der Waals surface area (Å²) in [4.78, 5) is 13.3. The molecule has 0 bridgehead atoms. The number of nitrogens with one attached hydrogen (secondary N) is 1. The average Bonchev–Trinajstić information content (AvgIpc) is 2.42. The molecule has 0 aliphatic carbocycles. The Labute approximate surface area is 90.7 Å². The van der Waals surface area contributed by atoms with Crippen molar-refractivity contribution in [3.8, 4) is 0 Å². The van der Waals surface area contributed by atoms with Crippen LogP contribution in [-0.4, -0.2) is 50.5 Å². The second-order valence-corrected chi connectivity index (χ2v) is 6.58. The zero-order chi connectivity index (χ0) is 11.6. The number of rotatable bonds is 4. The van der Waals surface area contributed by atoms with Gasteiger partial charge < -0.3 is 4.90 Å². The van der Waals surface area contributed by atoms with Gasteiger partial charge >= 0.3 is 0 Å². The number of carbonyl (C=O) groups is 1. The van der Waals surface area contributed by atoms with Gasteiger partial charge in [-0.05, 0) is 5.92 Å². The third-order valence-electron chi connectivity index (χ3n) is 2.48. The van der Waals surface area contributed by atoms with Crippen LogP contribution in [0.4, 0.5) is 0 Å². The first-order valence-corrected chi connectivity index (χ1v) is 7.07. The van der Waals surface area contributed by atoms with Gasteiger partial charge in [-0.1, -0.05) is 13.8 Å². The zero-order valence-electron chi connectivity index (χ0n) is 9.36. The summed E-state index contributed by atoms with van der Waals surface area (Å²) in [5.41, 5.74) is 0. The van der Waals surface area contributed by atoms with E-state index in [9.17, 15) is 13.2 Å². The lowest BCUT2D eigenvalue weighted by Gasteiger charge is -2.15. The number of sulfone groups is 1. The van der Waals surface area contributed by atoms with Crippen molar-refractivity contribution < 1.29 is 13.2 Å². The van der Waals surface area contributed by atoms with E-state index in [0.29, 0.717) is 6.67 Å². The van der Waals surface area contributed by atoms with Gasteiger partial charge in [0.1, 0.15) is 9.84 Å². The van der Waals surface area contributed by atoms with Crippen LogP contribution in [0.15, 0.2) is 0 Å². The molecular weight excluding hydrogens is 216 g/mol. The predicted octanol–water partition coefficient (Wildman–Crippen LogP) is -0.555. The SMILES string of the molecule is CC(C)C1NCN(CCS(C)(=O)=O)C1=O. The van der Waals surface area contributed by atoms with Crippen LogP contribution in [0, 0.1) is 5.92 Å². The van der Waals surface area contributed by atoms with Gasteiger partial charge in [0.05, 0.1) is 18.5 Å². The maximum absolute atomic E-state index is 11.7. The highest BCUT2D eigenvalue weighted by Crippen LogP contribution is 2.11. The summed E-state index contributed by atoms with van der Waals surface area (Å²) in [6.45, 7) is 4.68. The Hall–Kier alpha value is -0.620. The average molecular weight is 234 g/mol. The van der Waals surface area contributed by atoms with Crippen LogP contribution < -0.4 is 5.32 Å². The molecule has 1 N–H and O–H groups in total. The summed E-state index contributed by atoms with van der Waals surface area (Å²) in [6, 6.07) is -0.162. The molecule has 15 heavy (non-hydrogen) atoms. The van der Waals surface area contributed by atoms with Crippen molar-refractivity contribution in [1.82, 2.24) is 10.2 Å². The maximum Gasteiger partial charge on any atom is 0.241 e. The first-order chi connectivity index (χ1) is 6.81. The van der Waals surface area contributed by atoms with Gasteiger partial charge in [0, 0.05) is 12.8 Å². The molecule has 0 aromatic heterocycles. The van der Waals surface area contributed by atoms with Gasteiger partial charge in [-0.2, -0.15) is 0 Å². The molecular formula is C9H18N2O3S. The van der Waals surface area contributed by atoms with Gasteiger partial charge in [-0.15, -0.1) is 0 Å². The molecule has 5 nitrogen and oxygen atoms in total. The van der Waals surface area contributed by atoms with Crippen LogP contribution in [0.5, 0.6) is 0 Å². The molecule has 88 valence electrons. The Balaban J connectivity index is 2.50. The van der Waals surface area contributed by atoms with E-state index in [-0.39, 0.29) is 30.2 Å². The summed E-state index contributed by atoms with van der Waals surface area (Å²) >= 11 is 0. The highest BCUT2D eigenvalue weighted by Gasteiger charge is 2.32. The van der Waals surface area contributed by atoms with Gasteiger partial charge in [-0.3, -0.25) is 10.1 Å². The minimum absolute atomic E-state index is 0.00801. The summed E-state index contributed by atoms with van der Waals surface area (Å²) in [5, 5.41) is 3.07. The van der Waals surface area contributed by atoms with Crippen molar-refractivity contribution in [1.29, 1.82) is 0 Å². The van der Waals surface area contributed by atoms with Crippen molar-refractivity contribution in [2.24, 2.45) is 5.92 Å². The topological polar surface area (TPSA) is 66.5 Å². The second-order valence-electron chi connectivity index (χ2n) is 4.32. The third-order valence-corrected chi connectivity index (χ3v) is 3.40. The molecule has 1 saturated heterocycles. The molecule has 1 fully saturated rings. The fourth-order valence-electron chi connectivity index (χ4n) is 1.56. The second kappa shape index (κ2) is 4.49. The largest absolute Gasteiger partial charge is 0.328 e. The summed E-state index contributed by atoms with van der Waals surface area (Å²) in [7, 11) is -2.99. The Morgan fingerprint density at radius 3 is 2.53 bits per heavy atom. The maximum atomic E-state index is 11.7. The van der Waals surface area contributed by atoms with E-state index in [2.05, 4.69) is 5.32 Å². The van der Waals surface area contributed by atoms with Crippen LogP contribution >= 0.6 is 0 Å². The monoisotopic (exact) mass is 234 g/mol. The lowest BCUT2D eigenvalue weighted by molar-refractivity contribution is -0.129. The van der Waals surface area contributed by atoms with E-state index < -0.39 is 9.84 Å². The van der Waals surface area contributed by atoms with E-state index >= 15 is 0 Å². The van der Waals surface area contributed by atoms with Crippen molar-refractivity contribution in [2.45, 2.75) is 19.9 Å². The normalized spacial score (nSPS) is 22.8. The van der Waals surface area contributed by atoms with Crippen molar-refractivity contribution in [2.75, 3.05) is 25.2 Å². The Kier molecular flexibility index (Phi) is 3.72. The van der Waals surface area contributed by atoms with Crippen molar-refractivity contribution >= 4 is 15.7 Å². The van der Waals surface area contributed by atoms with Gasteiger partial charge in [0.25, 0.3) is 0 Å². The highest BCUT2D eigenvalue weighted by atomic mass is 32.2. The molecule has 0 spiro atoms. The van der Waals surface area contributed by atoms with E-state index in [4.69, 9.17) is 0 Å². The molecule has 0 aromatic carbocycles. The standard InChI is InChI=1S/C9H18N2O3S/c1-7(2)8-9(12)11(6-10-8)4-5-15(3,13)14/h7-8,10H,4-6H2,1-3H3. The van der Waals surface area contributed by atoms with Crippen LogP contribution in [0.25, 0.3) is 0 Å². The number of carbonyl (C=O) groups excluding carboxylic acids is 1. The lowest BCUT2D eigenvalue weighted by atomic mass is 10.1. The van der Waals surface area contributed by atoms with E-state index in [0.717, 1.165) is 0 Å². The van der Waals surface area contributed by atoms with Gasteiger partial charge in [-0.25, -0.2) is 8.42 Å². The highest BCUT2D eigenvalue weighted by molar-refractivity contribution is 7.90. The third kappa shape index (κ3) is 3.46. The van der Waals surface area contributed by atoms with Gasteiger partial charge in [0.2, 0.25) is 5.91 Å². The summed E-state index contributed by atoms with van der Waals surface area (Å²) in [5.74, 6) is 0.278. The molecule has 1 aliphatic rings. The summed E-state index contributed by atoms with van der Waals surface area (Å²) in [6.07, 6.45) is 1.18. The van der Waals surface area contributed by atoms with Crippen molar-refractivity contribution in [3.05, 3.63) is 0 Å². The molecule has 1 aliphatic heterocycles. The molecule has 6 heteroatoms. The van der Waals surface area contributed by atoms with Crippen LogP contribution in [0.2, 0.25) is 0 Å². The molecule has 1 amide bonds. The molecule has 1 unspecified atom stereocenters. The fourth-order valence-corrected chi connectivity index (χ4v) is 2.11. The minimum atomic E-state index is -2.99. The predicted molar refractivity (Wildman–Crippen MR) is 58.1 cm³/mol. The van der Waals surface area contributed by atoms with E-state index in [1.807, 2.05) is 13.8 Å². The number of nitrogens with zero attached hydrogens (tertiary/aromatic N) is 1.